The first-order valence-electron chi connectivity index (χ1n) is 7.09. The van der Waals surface area contributed by atoms with E-state index >= 15 is 0 Å². The van der Waals surface area contributed by atoms with Crippen LogP contribution in [0.15, 0.2) is 70.4 Å². The van der Waals surface area contributed by atoms with Gasteiger partial charge >= 0.3 is 0 Å². The molecule has 0 amide bonds. The number of benzene rings is 2. The number of aromatic nitrogens is 3. The highest BCUT2D eigenvalue weighted by Crippen LogP contribution is 2.32. The van der Waals surface area contributed by atoms with E-state index in [4.69, 9.17) is 0 Å². The van der Waals surface area contributed by atoms with Gasteiger partial charge in [0.25, 0.3) is 0 Å². The molecule has 2 aromatic carbocycles. The summed E-state index contributed by atoms with van der Waals surface area (Å²) in [5.74, 6) is 0.662. The van der Waals surface area contributed by atoms with E-state index < -0.39 is 0 Å². The van der Waals surface area contributed by atoms with Gasteiger partial charge in [-0.05, 0) is 23.3 Å². The Morgan fingerprint density at radius 2 is 1.91 bits per heavy atom. The maximum atomic E-state index is 4.67. The van der Waals surface area contributed by atoms with Gasteiger partial charge in [-0.1, -0.05) is 58.4 Å². The molecule has 0 saturated carbocycles. The molecule has 3 aromatic rings. The van der Waals surface area contributed by atoms with E-state index in [2.05, 4.69) is 55.3 Å². The molecule has 0 aliphatic carbocycles. The molecule has 1 atom stereocenters. The number of hydrogen-bond donors (Lipinski definition) is 0. The number of rotatable bonds is 2. The monoisotopic (exact) mass is 352 g/mol. The molecule has 4 nitrogen and oxygen atoms in total. The normalized spacial score (nSPS) is 17.0. The zero-order valence-corrected chi connectivity index (χ0v) is 13.3. The molecule has 5 heteroatoms. The smallest absolute Gasteiger partial charge is 0.222 e. The van der Waals surface area contributed by atoms with Crippen molar-refractivity contribution in [2.75, 3.05) is 0 Å². The Kier molecular flexibility index (Phi) is 3.35. The fourth-order valence-electron chi connectivity index (χ4n) is 2.77. The molecule has 0 radical (unpaired) electrons. The van der Waals surface area contributed by atoms with Crippen LogP contribution in [0.2, 0.25) is 0 Å². The molecule has 1 aromatic heterocycles. The van der Waals surface area contributed by atoms with Crippen molar-refractivity contribution in [3.8, 4) is 0 Å². The van der Waals surface area contributed by atoms with Crippen LogP contribution < -0.4 is 0 Å². The second-order valence-electron chi connectivity index (χ2n) is 5.20. The summed E-state index contributed by atoms with van der Waals surface area (Å²) in [5, 5.41) is 4.36. The van der Waals surface area contributed by atoms with Crippen molar-refractivity contribution in [2.45, 2.75) is 12.5 Å². The Morgan fingerprint density at radius 1 is 1.05 bits per heavy atom. The third-order valence-electron chi connectivity index (χ3n) is 3.81. The van der Waals surface area contributed by atoms with E-state index in [1.165, 1.54) is 5.56 Å². The van der Waals surface area contributed by atoms with E-state index in [9.17, 15) is 0 Å². The maximum absolute atomic E-state index is 4.67. The average Bonchev–Trinajstić information content (AvgIpc) is 3.03. The number of nitrogens with zero attached hydrogens (tertiary/aromatic N) is 4. The predicted octanol–water partition coefficient (Wildman–Crippen LogP) is 4.15. The van der Waals surface area contributed by atoms with Crippen LogP contribution in [0.1, 0.15) is 23.6 Å². The van der Waals surface area contributed by atoms with Crippen molar-refractivity contribution in [3.63, 3.8) is 0 Å². The summed E-state index contributed by atoms with van der Waals surface area (Å²) < 4.78 is 2.96. The second-order valence-corrected chi connectivity index (χ2v) is 6.12. The lowest BCUT2D eigenvalue weighted by Crippen LogP contribution is -2.21. The van der Waals surface area contributed by atoms with Crippen LogP contribution in [-0.4, -0.2) is 20.5 Å². The van der Waals surface area contributed by atoms with Crippen LogP contribution in [0.5, 0.6) is 0 Å². The van der Waals surface area contributed by atoms with E-state index in [0.717, 1.165) is 22.2 Å². The van der Waals surface area contributed by atoms with Gasteiger partial charge in [-0.25, -0.2) is 9.67 Å². The summed E-state index contributed by atoms with van der Waals surface area (Å²) in [6, 6.07) is 18.7. The first kappa shape index (κ1) is 13.4. The maximum Gasteiger partial charge on any atom is 0.248 e. The fourth-order valence-corrected chi connectivity index (χ4v) is 3.18. The topological polar surface area (TPSA) is 43.1 Å². The molecule has 0 saturated heterocycles. The largest absolute Gasteiger partial charge is 0.248 e. The zero-order valence-electron chi connectivity index (χ0n) is 11.7. The van der Waals surface area contributed by atoms with Crippen molar-refractivity contribution in [3.05, 3.63) is 76.5 Å². The van der Waals surface area contributed by atoms with E-state index in [-0.39, 0.29) is 6.04 Å². The first-order valence-corrected chi connectivity index (χ1v) is 7.88. The highest BCUT2D eigenvalue weighted by Gasteiger charge is 2.26. The third kappa shape index (κ3) is 2.37. The molecule has 0 bridgehead atoms. The molecule has 22 heavy (non-hydrogen) atoms. The fraction of sp³-hybridized carbons (Fsp3) is 0.118. The first-order chi connectivity index (χ1) is 10.8. The lowest BCUT2D eigenvalue weighted by Gasteiger charge is -2.24. The lowest BCUT2D eigenvalue weighted by atomic mass is 9.96. The third-order valence-corrected chi connectivity index (χ3v) is 4.30. The molecule has 0 N–H and O–H groups in total. The minimum atomic E-state index is 0.114. The van der Waals surface area contributed by atoms with Crippen LogP contribution in [0.3, 0.4) is 0 Å². The Morgan fingerprint density at radius 3 is 2.73 bits per heavy atom. The Balaban J connectivity index is 1.81. The molecular formula is C17H13BrN4. The van der Waals surface area contributed by atoms with Gasteiger partial charge in [0.1, 0.15) is 6.33 Å². The van der Waals surface area contributed by atoms with E-state index in [1.54, 1.807) is 6.33 Å². The van der Waals surface area contributed by atoms with Crippen molar-refractivity contribution < 1.29 is 0 Å². The van der Waals surface area contributed by atoms with Crippen LogP contribution >= 0.6 is 15.9 Å². The highest BCUT2D eigenvalue weighted by atomic mass is 79.9. The van der Waals surface area contributed by atoms with Gasteiger partial charge in [-0.2, -0.15) is 10.1 Å². The van der Waals surface area contributed by atoms with E-state index in [1.807, 2.05) is 35.0 Å². The molecule has 1 aliphatic rings. The number of hydrogen-bond acceptors (Lipinski definition) is 3. The molecule has 0 fully saturated rings. The Labute approximate surface area is 136 Å². The van der Waals surface area contributed by atoms with Crippen molar-refractivity contribution >= 4 is 27.6 Å². The predicted molar refractivity (Wildman–Crippen MR) is 89.6 cm³/mol. The second kappa shape index (κ2) is 5.50. The van der Waals surface area contributed by atoms with Gasteiger partial charge in [0, 0.05) is 10.9 Å². The Bertz CT molecular complexity index is 839. The van der Waals surface area contributed by atoms with Gasteiger partial charge in [-0.15, -0.1) is 0 Å². The minimum absolute atomic E-state index is 0.114. The summed E-state index contributed by atoms with van der Waals surface area (Å²) in [6.07, 6.45) is 2.37. The summed E-state index contributed by atoms with van der Waals surface area (Å²) in [7, 11) is 0. The van der Waals surface area contributed by atoms with Gasteiger partial charge in [0.05, 0.1) is 11.8 Å². The lowest BCUT2D eigenvalue weighted by molar-refractivity contribution is 0.531. The summed E-state index contributed by atoms with van der Waals surface area (Å²) >= 11 is 3.54. The van der Waals surface area contributed by atoms with Gasteiger partial charge < -0.3 is 0 Å². The highest BCUT2D eigenvalue weighted by molar-refractivity contribution is 9.10. The quantitative estimate of drug-likeness (QED) is 0.695. The number of fused-ring (bicyclic) bond motifs is 1. The van der Waals surface area contributed by atoms with Crippen LogP contribution in [-0.2, 0) is 0 Å². The van der Waals surface area contributed by atoms with Crippen molar-refractivity contribution in [1.82, 2.24) is 14.8 Å². The molecule has 4 rings (SSSR count). The van der Waals surface area contributed by atoms with Crippen LogP contribution in [0.25, 0.3) is 0 Å². The van der Waals surface area contributed by atoms with Crippen LogP contribution in [0, 0.1) is 0 Å². The zero-order chi connectivity index (χ0) is 14.9. The average molecular weight is 353 g/mol. The molecular weight excluding hydrogens is 340 g/mol. The minimum Gasteiger partial charge on any atom is -0.222 e. The molecule has 1 unspecified atom stereocenters. The molecule has 1 aliphatic heterocycles. The van der Waals surface area contributed by atoms with Crippen molar-refractivity contribution in [1.29, 1.82) is 0 Å². The van der Waals surface area contributed by atoms with Gasteiger partial charge in [-0.3, -0.25) is 0 Å². The van der Waals surface area contributed by atoms with Crippen LogP contribution in [0.4, 0.5) is 5.95 Å². The molecule has 2 heterocycles. The summed E-state index contributed by atoms with van der Waals surface area (Å²) in [5.41, 5.74) is 3.38. The number of aliphatic imine (C=N–C) groups is 1. The van der Waals surface area contributed by atoms with Gasteiger partial charge in [0.2, 0.25) is 5.95 Å². The SMILES string of the molecule is Brc1cccc(C2CC(c3ccccc3)=Nc3ncnn32)c1. The Hall–Kier alpha value is -2.27. The molecule has 0 spiro atoms. The van der Waals surface area contributed by atoms with Crippen molar-refractivity contribution in [2.24, 2.45) is 4.99 Å². The number of halogens is 1. The van der Waals surface area contributed by atoms with Gasteiger partial charge in [0.15, 0.2) is 0 Å². The molecule has 108 valence electrons. The summed E-state index contributed by atoms with van der Waals surface area (Å²) in [6.45, 7) is 0. The standard InChI is InChI=1S/C17H13BrN4/c18-14-8-4-7-13(9-14)16-10-15(12-5-2-1-3-6-12)21-17-19-11-20-22(16)17/h1-9,11,16H,10H2. The van der Waals surface area contributed by atoms with E-state index in [0.29, 0.717) is 5.95 Å². The summed E-state index contributed by atoms with van der Waals surface area (Å²) in [4.78, 5) is 8.95.